The average Bonchev–Trinajstić information content (AvgIpc) is 3.04. The van der Waals surface area contributed by atoms with Gasteiger partial charge in [0.15, 0.2) is 0 Å². The molecule has 1 N–H and O–H groups in total. The van der Waals surface area contributed by atoms with E-state index < -0.39 is 0 Å². The normalized spacial score (nSPS) is 18.7. The third-order valence-electron chi connectivity index (χ3n) is 5.21. The molecule has 2 unspecified atom stereocenters. The van der Waals surface area contributed by atoms with E-state index in [1.54, 1.807) is 0 Å². The summed E-state index contributed by atoms with van der Waals surface area (Å²) in [6.07, 6.45) is 2.09. The maximum atomic E-state index is 6.26. The minimum atomic E-state index is 0.357. The highest BCUT2D eigenvalue weighted by molar-refractivity contribution is 6.42. The minimum absolute atomic E-state index is 0.357. The third kappa shape index (κ3) is 3.66. The van der Waals surface area contributed by atoms with Gasteiger partial charge in [0.2, 0.25) is 0 Å². The molecule has 1 aliphatic carbocycles. The molecule has 3 heteroatoms. The molecule has 3 aromatic carbocycles. The smallest absolute Gasteiger partial charge is 0.0595 e. The van der Waals surface area contributed by atoms with Gasteiger partial charge in [-0.15, -0.1) is 0 Å². The fraction of sp³-hybridized carbons (Fsp3) is 0.217. The Morgan fingerprint density at radius 1 is 0.808 bits per heavy atom. The topological polar surface area (TPSA) is 12.0 Å². The predicted molar refractivity (Wildman–Crippen MR) is 110 cm³/mol. The fourth-order valence-corrected chi connectivity index (χ4v) is 4.22. The highest BCUT2D eigenvalue weighted by Gasteiger charge is 2.31. The van der Waals surface area contributed by atoms with Gasteiger partial charge < -0.3 is 5.32 Å². The Bertz CT molecular complexity index is 892. The Morgan fingerprint density at radius 2 is 1.54 bits per heavy atom. The highest BCUT2D eigenvalue weighted by Crippen LogP contribution is 2.44. The van der Waals surface area contributed by atoms with E-state index in [1.165, 1.54) is 22.3 Å². The zero-order valence-electron chi connectivity index (χ0n) is 14.5. The fourth-order valence-electron chi connectivity index (χ4n) is 3.91. The van der Waals surface area contributed by atoms with Crippen molar-refractivity contribution in [3.63, 3.8) is 0 Å². The molecule has 2 atom stereocenters. The molecular formula is C23H21Cl2N. The van der Waals surface area contributed by atoms with E-state index in [-0.39, 0.29) is 0 Å². The summed E-state index contributed by atoms with van der Waals surface area (Å²) in [7, 11) is 0. The summed E-state index contributed by atoms with van der Waals surface area (Å²) < 4.78 is 0. The predicted octanol–water partition coefficient (Wildman–Crippen LogP) is 6.40. The van der Waals surface area contributed by atoms with Crippen molar-refractivity contribution in [3.8, 4) is 0 Å². The Balaban J connectivity index is 1.51. The Kier molecular flexibility index (Phi) is 5.31. The van der Waals surface area contributed by atoms with Crippen molar-refractivity contribution in [1.29, 1.82) is 0 Å². The highest BCUT2D eigenvalue weighted by atomic mass is 35.5. The lowest BCUT2D eigenvalue weighted by Gasteiger charge is -2.15. The molecule has 0 fully saturated rings. The summed E-state index contributed by atoms with van der Waals surface area (Å²) in [5.74, 6) is 0.357. The molecule has 1 nitrogen and oxygen atoms in total. The van der Waals surface area contributed by atoms with Crippen LogP contribution < -0.4 is 5.32 Å². The molecule has 0 heterocycles. The maximum absolute atomic E-state index is 6.26. The van der Waals surface area contributed by atoms with Crippen LogP contribution in [0.1, 0.15) is 40.6 Å². The zero-order valence-corrected chi connectivity index (χ0v) is 16.0. The van der Waals surface area contributed by atoms with E-state index in [1.807, 2.05) is 12.1 Å². The average molecular weight is 382 g/mol. The van der Waals surface area contributed by atoms with Gasteiger partial charge in [-0.05, 0) is 53.8 Å². The van der Waals surface area contributed by atoms with Crippen LogP contribution in [0, 0.1) is 0 Å². The molecule has 4 rings (SSSR count). The van der Waals surface area contributed by atoms with Gasteiger partial charge in [-0.1, -0.05) is 83.9 Å². The zero-order chi connectivity index (χ0) is 17.9. The van der Waals surface area contributed by atoms with Gasteiger partial charge >= 0.3 is 0 Å². The molecule has 132 valence electrons. The molecule has 3 aromatic rings. The van der Waals surface area contributed by atoms with Crippen LogP contribution in [-0.2, 0) is 6.42 Å². The molecule has 0 spiro atoms. The molecule has 0 saturated heterocycles. The van der Waals surface area contributed by atoms with Crippen LogP contribution >= 0.6 is 23.2 Å². The van der Waals surface area contributed by atoms with Crippen LogP contribution in [0.4, 0.5) is 0 Å². The SMILES string of the molecule is Clc1ccc(C2CC(NCCc3ccccc3)c3ccccc32)cc1Cl. The lowest BCUT2D eigenvalue weighted by molar-refractivity contribution is 0.516. The van der Waals surface area contributed by atoms with Crippen LogP contribution in [-0.4, -0.2) is 6.54 Å². The van der Waals surface area contributed by atoms with Crippen LogP contribution in [0.5, 0.6) is 0 Å². The maximum Gasteiger partial charge on any atom is 0.0595 e. The van der Waals surface area contributed by atoms with Gasteiger partial charge in [0.25, 0.3) is 0 Å². The second-order valence-corrected chi connectivity index (χ2v) is 7.65. The Hall–Kier alpha value is -1.80. The quantitative estimate of drug-likeness (QED) is 0.538. The number of benzene rings is 3. The monoisotopic (exact) mass is 381 g/mol. The number of halogens is 2. The molecule has 26 heavy (non-hydrogen) atoms. The number of nitrogens with one attached hydrogen (secondary N) is 1. The Labute approximate surface area is 165 Å². The summed E-state index contributed by atoms with van der Waals surface area (Å²) >= 11 is 12.4. The molecule has 0 radical (unpaired) electrons. The lowest BCUT2D eigenvalue weighted by atomic mass is 9.93. The first-order chi connectivity index (χ1) is 12.7. The molecule has 0 aromatic heterocycles. The minimum Gasteiger partial charge on any atom is -0.310 e. The van der Waals surface area contributed by atoms with Crippen molar-refractivity contribution >= 4 is 23.2 Å². The standard InChI is InChI=1S/C23H21Cl2N/c24-21-11-10-17(14-22(21)25)20-15-23(19-9-5-4-8-18(19)20)26-13-12-16-6-2-1-3-7-16/h1-11,14,20,23,26H,12-13,15H2. The van der Waals surface area contributed by atoms with Crippen molar-refractivity contribution in [1.82, 2.24) is 5.32 Å². The number of fused-ring (bicyclic) bond motifs is 1. The van der Waals surface area contributed by atoms with E-state index in [9.17, 15) is 0 Å². The van der Waals surface area contributed by atoms with Crippen molar-refractivity contribution < 1.29 is 0 Å². The van der Waals surface area contributed by atoms with E-state index >= 15 is 0 Å². The summed E-state index contributed by atoms with van der Waals surface area (Å²) in [5, 5.41) is 4.99. The molecule has 0 aliphatic heterocycles. The summed E-state index contributed by atoms with van der Waals surface area (Å²) in [5.41, 5.74) is 5.39. The molecule has 1 aliphatic rings. The summed E-state index contributed by atoms with van der Waals surface area (Å²) in [6, 6.07) is 25.7. The van der Waals surface area contributed by atoms with Crippen LogP contribution in [0.15, 0.2) is 72.8 Å². The number of rotatable bonds is 5. The van der Waals surface area contributed by atoms with Gasteiger partial charge in [0, 0.05) is 12.0 Å². The summed E-state index contributed by atoms with van der Waals surface area (Å²) in [6.45, 7) is 0.969. The molecule has 0 bridgehead atoms. The van der Waals surface area contributed by atoms with Gasteiger partial charge in [0.1, 0.15) is 0 Å². The van der Waals surface area contributed by atoms with Crippen LogP contribution in [0.3, 0.4) is 0 Å². The molecule has 0 saturated carbocycles. The first-order valence-electron chi connectivity index (χ1n) is 9.03. The van der Waals surface area contributed by atoms with Crippen molar-refractivity contribution in [2.45, 2.75) is 24.8 Å². The molecular weight excluding hydrogens is 361 g/mol. The van der Waals surface area contributed by atoms with Gasteiger partial charge in [-0.3, -0.25) is 0 Å². The van der Waals surface area contributed by atoms with E-state index in [4.69, 9.17) is 23.2 Å². The largest absolute Gasteiger partial charge is 0.310 e. The molecule has 0 amide bonds. The van der Waals surface area contributed by atoms with Gasteiger partial charge in [-0.2, -0.15) is 0 Å². The van der Waals surface area contributed by atoms with Crippen LogP contribution in [0.2, 0.25) is 10.0 Å². The Morgan fingerprint density at radius 3 is 2.31 bits per heavy atom. The van der Waals surface area contributed by atoms with E-state index in [0.29, 0.717) is 22.0 Å². The lowest BCUT2D eigenvalue weighted by Crippen LogP contribution is -2.22. The van der Waals surface area contributed by atoms with Crippen molar-refractivity contribution in [2.24, 2.45) is 0 Å². The van der Waals surface area contributed by atoms with Crippen LogP contribution in [0.25, 0.3) is 0 Å². The van der Waals surface area contributed by atoms with E-state index in [2.05, 4.69) is 66.0 Å². The first kappa shape index (κ1) is 17.6. The second-order valence-electron chi connectivity index (χ2n) is 6.83. The van der Waals surface area contributed by atoms with Crippen molar-refractivity contribution in [3.05, 3.63) is 105 Å². The van der Waals surface area contributed by atoms with Gasteiger partial charge in [0.05, 0.1) is 10.0 Å². The number of hydrogen-bond acceptors (Lipinski definition) is 1. The van der Waals surface area contributed by atoms with Crippen molar-refractivity contribution in [2.75, 3.05) is 6.54 Å². The summed E-state index contributed by atoms with van der Waals surface area (Å²) in [4.78, 5) is 0. The second kappa shape index (κ2) is 7.84. The van der Waals surface area contributed by atoms with Gasteiger partial charge in [-0.25, -0.2) is 0 Å². The van der Waals surface area contributed by atoms with E-state index in [0.717, 1.165) is 19.4 Å². The third-order valence-corrected chi connectivity index (χ3v) is 5.95. The number of hydrogen-bond donors (Lipinski definition) is 1. The first-order valence-corrected chi connectivity index (χ1v) is 9.79.